The van der Waals surface area contributed by atoms with Gasteiger partial charge in [-0.05, 0) is 36.7 Å². The van der Waals surface area contributed by atoms with Crippen LogP contribution in [0.25, 0.3) is 6.08 Å². The maximum Gasteiger partial charge on any atom is 0.249 e. The minimum absolute atomic E-state index is 0.0229. The largest absolute Gasteiger partial charge is 0.294 e. The van der Waals surface area contributed by atoms with Crippen molar-refractivity contribution in [1.29, 1.82) is 0 Å². The van der Waals surface area contributed by atoms with Crippen LogP contribution in [-0.4, -0.2) is 36.4 Å². The van der Waals surface area contributed by atoms with Crippen molar-refractivity contribution in [2.24, 2.45) is 29.5 Å². The average molecular weight is 466 g/mol. The summed E-state index contributed by atoms with van der Waals surface area (Å²) in [6.07, 6.45) is 7.42. The lowest BCUT2D eigenvalue weighted by atomic mass is 9.70. The third-order valence-electron chi connectivity index (χ3n) is 6.46. The van der Waals surface area contributed by atoms with Crippen molar-refractivity contribution in [3.8, 4) is 0 Å². The van der Waals surface area contributed by atoms with Gasteiger partial charge in [0.25, 0.3) is 0 Å². The second-order valence-corrected chi connectivity index (χ2v) is 11.3. The Morgan fingerprint density at radius 2 is 1.78 bits per heavy atom. The number of carbonyl (C=O) groups excluding carboxylic acids is 2. The van der Waals surface area contributed by atoms with Crippen molar-refractivity contribution in [2.45, 2.75) is 50.7 Å². The van der Waals surface area contributed by atoms with Crippen LogP contribution in [0.2, 0.25) is 0 Å². The second kappa shape index (κ2) is 11.1. The molecular formula is C23H35N3O5S. The van der Waals surface area contributed by atoms with Crippen molar-refractivity contribution >= 4 is 27.7 Å². The second-order valence-electron chi connectivity index (χ2n) is 9.05. The molecule has 1 saturated carbocycles. The minimum atomic E-state index is -3.94. The maximum absolute atomic E-state index is 13.5. The molecule has 0 aromatic heterocycles. The van der Waals surface area contributed by atoms with Crippen LogP contribution in [0.5, 0.6) is 0 Å². The van der Waals surface area contributed by atoms with Crippen LogP contribution in [0.1, 0.15) is 51.5 Å². The molecule has 0 saturated heterocycles. The number of nitrogens with one attached hydrogen (secondary N) is 2. The summed E-state index contributed by atoms with van der Waals surface area (Å²) in [5.41, 5.74) is 4.51. The molecule has 178 valence electrons. The summed E-state index contributed by atoms with van der Waals surface area (Å²) in [5.74, 6) is 1.07. The normalized spacial score (nSPS) is 18.9. The van der Waals surface area contributed by atoms with Crippen LogP contribution >= 0.6 is 0 Å². The van der Waals surface area contributed by atoms with E-state index in [0.29, 0.717) is 12.8 Å². The third kappa shape index (κ3) is 5.57. The van der Waals surface area contributed by atoms with Gasteiger partial charge in [-0.2, -0.15) is 0 Å². The Labute approximate surface area is 190 Å². The molecule has 1 aliphatic rings. The van der Waals surface area contributed by atoms with Crippen LogP contribution in [0.3, 0.4) is 0 Å². The van der Waals surface area contributed by atoms with Gasteiger partial charge in [0, 0.05) is 6.26 Å². The summed E-state index contributed by atoms with van der Waals surface area (Å²) >= 11 is 0. The Bertz CT molecular complexity index is 911. The highest BCUT2D eigenvalue weighted by Gasteiger charge is 2.58. The number of carbonyl (C=O) groups is 2. The highest BCUT2D eigenvalue weighted by atomic mass is 32.2. The fraction of sp³-hybridized carbons (Fsp3) is 0.565. The lowest BCUT2D eigenvalue weighted by Crippen LogP contribution is -2.59. The topological polar surface area (TPSA) is 139 Å². The number of amides is 2. The minimum Gasteiger partial charge on any atom is -0.294 e. The first kappa shape index (κ1) is 26.0. The van der Waals surface area contributed by atoms with E-state index in [4.69, 9.17) is 5.84 Å². The Hall–Kier alpha value is -2.23. The molecule has 8 nitrogen and oxygen atoms in total. The van der Waals surface area contributed by atoms with E-state index in [-0.39, 0.29) is 18.3 Å². The zero-order valence-electron chi connectivity index (χ0n) is 19.0. The van der Waals surface area contributed by atoms with Crippen LogP contribution in [0.4, 0.5) is 0 Å². The summed E-state index contributed by atoms with van der Waals surface area (Å²) in [5, 5.41) is 9.62. The Morgan fingerprint density at radius 1 is 1.19 bits per heavy atom. The van der Waals surface area contributed by atoms with Crippen LogP contribution in [-0.2, 0) is 19.4 Å². The first-order valence-electron chi connectivity index (χ1n) is 11.0. The molecule has 0 heterocycles. The summed E-state index contributed by atoms with van der Waals surface area (Å²) in [6, 6.07) is 9.18. The molecule has 2 rings (SSSR count). The van der Waals surface area contributed by atoms with E-state index in [1.54, 1.807) is 17.6 Å². The number of sulfone groups is 1. The quantitative estimate of drug-likeness (QED) is 0.181. The van der Waals surface area contributed by atoms with Gasteiger partial charge in [-0.25, -0.2) is 19.7 Å². The van der Waals surface area contributed by atoms with Gasteiger partial charge in [0.15, 0.2) is 9.84 Å². The summed E-state index contributed by atoms with van der Waals surface area (Å²) in [4.78, 5) is 26.0. The monoisotopic (exact) mass is 465 g/mol. The van der Waals surface area contributed by atoms with Crippen molar-refractivity contribution in [2.75, 3.05) is 6.26 Å². The maximum atomic E-state index is 13.5. The molecule has 1 aliphatic carbocycles. The van der Waals surface area contributed by atoms with E-state index in [2.05, 4.69) is 5.43 Å². The van der Waals surface area contributed by atoms with E-state index in [0.717, 1.165) is 24.7 Å². The number of hydrogen-bond acceptors (Lipinski definition) is 6. The molecule has 1 unspecified atom stereocenters. The molecule has 1 aromatic carbocycles. The summed E-state index contributed by atoms with van der Waals surface area (Å²) < 4.78 is 25.4. The fourth-order valence-electron chi connectivity index (χ4n) is 5.10. The smallest absolute Gasteiger partial charge is 0.249 e. The standard InChI is InChI=1S/C23H35N3O5S/c1-16(2)15-19(21(27)25-24)20(22(28)26-29)23(32(3,30)31,18-11-7-8-12-18)14-13-17-9-5-4-6-10-17/h4-6,9-10,13-14,16,18-20,29H,7-8,11-12,15,24H2,1-3H3,(H,25,27)(H,26,28)/b14-13+/t19-,20+,23?/m1/s1. The molecule has 3 atom stereocenters. The Balaban J connectivity index is 2.82. The molecule has 0 spiro atoms. The molecular weight excluding hydrogens is 430 g/mol. The van der Waals surface area contributed by atoms with Crippen LogP contribution in [0.15, 0.2) is 36.4 Å². The Morgan fingerprint density at radius 3 is 2.25 bits per heavy atom. The number of rotatable bonds is 10. The van der Waals surface area contributed by atoms with E-state index in [1.165, 1.54) is 0 Å². The van der Waals surface area contributed by atoms with Gasteiger partial charge in [-0.3, -0.25) is 20.2 Å². The third-order valence-corrected chi connectivity index (χ3v) is 8.46. The number of nitrogens with two attached hydrogens (primary N) is 1. The molecule has 5 N–H and O–H groups in total. The number of benzene rings is 1. The molecule has 9 heteroatoms. The fourth-order valence-corrected chi connectivity index (χ4v) is 6.99. The lowest BCUT2D eigenvalue weighted by molar-refractivity contribution is -0.142. The van der Waals surface area contributed by atoms with Gasteiger partial charge in [0.05, 0.1) is 11.8 Å². The van der Waals surface area contributed by atoms with Crippen molar-refractivity contribution in [3.63, 3.8) is 0 Å². The van der Waals surface area contributed by atoms with E-state index < -0.39 is 38.2 Å². The van der Waals surface area contributed by atoms with E-state index >= 15 is 0 Å². The number of hydrogen-bond donors (Lipinski definition) is 4. The molecule has 1 aromatic rings. The Kier molecular flexibility index (Phi) is 9.00. The molecule has 0 radical (unpaired) electrons. The zero-order chi connectivity index (χ0) is 23.9. The van der Waals surface area contributed by atoms with E-state index in [9.17, 15) is 23.2 Å². The SMILES string of the molecule is CC(C)C[C@@H](C(=O)NN)[C@@H](C(=O)NO)C(/C=C/c1ccccc1)(C1CCCC1)S(C)(=O)=O. The first-order chi connectivity index (χ1) is 15.1. The molecule has 2 amide bonds. The molecule has 0 aliphatic heterocycles. The van der Waals surface area contributed by atoms with Crippen molar-refractivity contribution < 1.29 is 23.2 Å². The highest BCUT2D eigenvalue weighted by Crippen LogP contribution is 2.48. The predicted molar refractivity (Wildman–Crippen MR) is 124 cm³/mol. The van der Waals surface area contributed by atoms with Crippen molar-refractivity contribution in [3.05, 3.63) is 42.0 Å². The van der Waals surface area contributed by atoms with Gasteiger partial charge in [0.1, 0.15) is 4.75 Å². The number of hydroxylamine groups is 1. The van der Waals surface area contributed by atoms with E-state index in [1.807, 2.05) is 44.2 Å². The van der Waals surface area contributed by atoms with Gasteiger partial charge < -0.3 is 0 Å². The molecule has 32 heavy (non-hydrogen) atoms. The number of hydrazine groups is 1. The van der Waals surface area contributed by atoms with Gasteiger partial charge in [-0.1, -0.05) is 69.2 Å². The summed E-state index contributed by atoms with van der Waals surface area (Å²) in [6.45, 7) is 3.75. The van der Waals surface area contributed by atoms with Gasteiger partial charge >= 0.3 is 0 Å². The highest BCUT2D eigenvalue weighted by molar-refractivity contribution is 7.92. The zero-order valence-corrected chi connectivity index (χ0v) is 19.8. The predicted octanol–water partition coefficient (Wildman–Crippen LogP) is 2.45. The molecule has 1 fully saturated rings. The van der Waals surface area contributed by atoms with Crippen molar-refractivity contribution in [1.82, 2.24) is 10.9 Å². The van der Waals surface area contributed by atoms with Crippen LogP contribution in [0, 0.1) is 23.7 Å². The summed E-state index contributed by atoms with van der Waals surface area (Å²) in [7, 11) is -3.94. The van der Waals surface area contributed by atoms with Crippen LogP contribution < -0.4 is 16.7 Å². The lowest BCUT2D eigenvalue weighted by Gasteiger charge is -2.43. The van der Waals surface area contributed by atoms with Gasteiger partial charge in [0.2, 0.25) is 11.8 Å². The van der Waals surface area contributed by atoms with Gasteiger partial charge in [-0.15, -0.1) is 0 Å². The molecule has 0 bridgehead atoms. The first-order valence-corrected chi connectivity index (χ1v) is 12.9. The average Bonchev–Trinajstić information content (AvgIpc) is 3.29.